The minimum absolute atomic E-state index is 0. The summed E-state index contributed by atoms with van der Waals surface area (Å²) >= 11 is 0. The lowest BCUT2D eigenvalue weighted by Gasteiger charge is -2.23. The summed E-state index contributed by atoms with van der Waals surface area (Å²) in [4.78, 5) is 6.52. The van der Waals surface area contributed by atoms with E-state index in [9.17, 15) is 0 Å². The van der Waals surface area contributed by atoms with E-state index >= 15 is 0 Å². The maximum absolute atomic E-state index is 4.12. The topological polar surface area (TPSA) is 28.2 Å². The molecule has 1 N–H and O–H groups in total. The average Bonchev–Trinajstić information content (AvgIpc) is 2.72. The van der Waals surface area contributed by atoms with Gasteiger partial charge in [-0.15, -0.1) is 12.4 Å². The largest absolute Gasteiger partial charge is 0.315 e. The van der Waals surface area contributed by atoms with E-state index in [1.165, 1.54) is 12.0 Å². The van der Waals surface area contributed by atoms with E-state index < -0.39 is 0 Å². The second-order valence-corrected chi connectivity index (χ2v) is 3.92. The van der Waals surface area contributed by atoms with Gasteiger partial charge in [0.05, 0.1) is 0 Å². The molecule has 0 unspecified atom stereocenters. The molecule has 0 saturated carbocycles. The quantitative estimate of drug-likeness (QED) is 0.844. The SMILES string of the molecule is CN(Cc1cccnc1)[C@H]1CCNC1.Cl. The highest BCUT2D eigenvalue weighted by molar-refractivity contribution is 5.85. The van der Waals surface area contributed by atoms with Crippen LogP contribution in [0.25, 0.3) is 0 Å². The normalized spacial score (nSPS) is 20.3. The van der Waals surface area contributed by atoms with Crippen LogP contribution in [-0.2, 0) is 6.54 Å². The Hall–Kier alpha value is -0.640. The molecule has 84 valence electrons. The fourth-order valence-corrected chi connectivity index (χ4v) is 1.92. The number of likely N-dealkylation sites (N-methyl/N-ethyl adjacent to an activating group) is 1. The molecule has 3 nitrogen and oxygen atoms in total. The van der Waals surface area contributed by atoms with Crippen LogP contribution in [0.1, 0.15) is 12.0 Å². The van der Waals surface area contributed by atoms with Crippen molar-refractivity contribution in [1.29, 1.82) is 0 Å². The van der Waals surface area contributed by atoms with Gasteiger partial charge in [0.15, 0.2) is 0 Å². The van der Waals surface area contributed by atoms with Gasteiger partial charge in [-0.1, -0.05) is 6.07 Å². The molecule has 0 spiro atoms. The Morgan fingerprint density at radius 3 is 3.07 bits per heavy atom. The number of halogens is 1. The Labute approximate surface area is 97.3 Å². The number of nitrogens with one attached hydrogen (secondary N) is 1. The van der Waals surface area contributed by atoms with Crippen molar-refractivity contribution in [1.82, 2.24) is 15.2 Å². The van der Waals surface area contributed by atoms with Crippen molar-refractivity contribution in [2.45, 2.75) is 19.0 Å². The molecular formula is C11H18ClN3. The molecule has 0 aromatic carbocycles. The number of pyridine rings is 1. The molecule has 0 radical (unpaired) electrons. The minimum Gasteiger partial charge on any atom is -0.315 e. The average molecular weight is 228 g/mol. The van der Waals surface area contributed by atoms with Crippen LogP contribution in [0.3, 0.4) is 0 Å². The number of hydrogen-bond donors (Lipinski definition) is 1. The van der Waals surface area contributed by atoms with E-state index in [0.29, 0.717) is 6.04 Å². The number of rotatable bonds is 3. The third kappa shape index (κ3) is 3.45. The zero-order chi connectivity index (χ0) is 9.80. The van der Waals surface area contributed by atoms with E-state index in [4.69, 9.17) is 0 Å². The molecule has 1 saturated heterocycles. The molecule has 2 heterocycles. The van der Waals surface area contributed by atoms with E-state index in [1.807, 2.05) is 18.5 Å². The lowest BCUT2D eigenvalue weighted by atomic mass is 10.2. The lowest BCUT2D eigenvalue weighted by Crippen LogP contribution is -2.32. The predicted octanol–water partition coefficient (Wildman–Crippen LogP) is 1.30. The highest BCUT2D eigenvalue weighted by Crippen LogP contribution is 2.09. The van der Waals surface area contributed by atoms with Gasteiger partial charge < -0.3 is 5.32 Å². The van der Waals surface area contributed by atoms with E-state index in [0.717, 1.165) is 19.6 Å². The molecule has 1 atom stereocenters. The van der Waals surface area contributed by atoms with Crippen LogP contribution >= 0.6 is 12.4 Å². The summed E-state index contributed by atoms with van der Waals surface area (Å²) in [5.74, 6) is 0. The van der Waals surface area contributed by atoms with Gasteiger partial charge in [0.1, 0.15) is 0 Å². The van der Waals surface area contributed by atoms with Crippen LogP contribution in [0.15, 0.2) is 24.5 Å². The molecule has 1 aromatic rings. The molecule has 4 heteroatoms. The van der Waals surface area contributed by atoms with E-state index in [1.54, 1.807) is 0 Å². The smallest absolute Gasteiger partial charge is 0.0312 e. The van der Waals surface area contributed by atoms with Crippen LogP contribution in [-0.4, -0.2) is 36.1 Å². The predicted molar refractivity (Wildman–Crippen MR) is 64.2 cm³/mol. The Morgan fingerprint density at radius 1 is 1.60 bits per heavy atom. The summed E-state index contributed by atoms with van der Waals surface area (Å²) in [5, 5.41) is 3.38. The van der Waals surface area contributed by atoms with Crippen molar-refractivity contribution >= 4 is 12.4 Å². The van der Waals surface area contributed by atoms with E-state index in [2.05, 4.69) is 28.3 Å². The number of hydrogen-bond acceptors (Lipinski definition) is 3. The highest BCUT2D eigenvalue weighted by atomic mass is 35.5. The summed E-state index contributed by atoms with van der Waals surface area (Å²) in [6, 6.07) is 4.82. The van der Waals surface area contributed by atoms with Gasteiger partial charge in [0, 0.05) is 31.5 Å². The fourth-order valence-electron chi connectivity index (χ4n) is 1.92. The van der Waals surface area contributed by atoms with Gasteiger partial charge >= 0.3 is 0 Å². The number of aromatic nitrogens is 1. The van der Waals surface area contributed by atoms with Crippen LogP contribution < -0.4 is 5.32 Å². The third-order valence-electron chi connectivity index (χ3n) is 2.81. The van der Waals surface area contributed by atoms with Gasteiger partial charge in [0.2, 0.25) is 0 Å². The zero-order valence-corrected chi connectivity index (χ0v) is 9.83. The molecule has 0 aliphatic carbocycles. The first-order chi connectivity index (χ1) is 6.86. The Bertz CT molecular complexity index is 272. The Balaban J connectivity index is 0.00000112. The molecule has 0 amide bonds. The van der Waals surface area contributed by atoms with Crippen LogP contribution in [0.4, 0.5) is 0 Å². The van der Waals surface area contributed by atoms with Crippen LogP contribution in [0.2, 0.25) is 0 Å². The second kappa shape index (κ2) is 6.05. The van der Waals surface area contributed by atoms with Gasteiger partial charge in [-0.05, 0) is 31.6 Å². The van der Waals surface area contributed by atoms with Crippen LogP contribution in [0, 0.1) is 0 Å². The van der Waals surface area contributed by atoms with Crippen molar-refractivity contribution in [3.63, 3.8) is 0 Å². The van der Waals surface area contributed by atoms with Crippen molar-refractivity contribution in [3.05, 3.63) is 30.1 Å². The first-order valence-corrected chi connectivity index (χ1v) is 5.16. The van der Waals surface area contributed by atoms with Crippen LogP contribution in [0.5, 0.6) is 0 Å². The van der Waals surface area contributed by atoms with Crippen molar-refractivity contribution in [2.24, 2.45) is 0 Å². The molecule has 0 bridgehead atoms. The first-order valence-electron chi connectivity index (χ1n) is 5.16. The minimum atomic E-state index is 0. The summed E-state index contributed by atoms with van der Waals surface area (Å²) in [7, 11) is 2.19. The van der Waals surface area contributed by atoms with Gasteiger partial charge in [-0.2, -0.15) is 0 Å². The lowest BCUT2D eigenvalue weighted by molar-refractivity contribution is 0.248. The molecule has 1 aromatic heterocycles. The highest BCUT2D eigenvalue weighted by Gasteiger charge is 2.18. The molecule has 15 heavy (non-hydrogen) atoms. The molecule has 2 rings (SSSR count). The first kappa shape index (κ1) is 12.4. The van der Waals surface area contributed by atoms with Crippen molar-refractivity contribution < 1.29 is 0 Å². The fraction of sp³-hybridized carbons (Fsp3) is 0.545. The van der Waals surface area contributed by atoms with Gasteiger partial charge in [0.25, 0.3) is 0 Å². The van der Waals surface area contributed by atoms with Crippen molar-refractivity contribution in [3.8, 4) is 0 Å². The summed E-state index contributed by atoms with van der Waals surface area (Å²) in [6.45, 7) is 3.28. The Morgan fingerprint density at radius 2 is 2.47 bits per heavy atom. The maximum Gasteiger partial charge on any atom is 0.0312 e. The monoisotopic (exact) mass is 227 g/mol. The summed E-state index contributed by atoms with van der Waals surface area (Å²) in [6.07, 6.45) is 5.02. The standard InChI is InChI=1S/C11H17N3.ClH/c1-14(11-4-6-13-8-11)9-10-3-2-5-12-7-10;/h2-3,5,7,11,13H,4,6,8-9H2,1H3;1H/t11-;/m0./s1. The van der Waals surface area contributed by atoms with E-state index in [-0.39, 0.29) is 12.4 Å². The number of nitrogens with zero attached hydrogens (tertiary/aromatic N) is 2. The van der Waals surface area contributed by atoms with Gasteiger partial charge in [-0.25, -0.2) is 0 Å². The molecular weight excluding hydrogens is 210 g/mol. The third-order valence-corrected chi connectivity index (χ3v) is 2.81. The molecule has 1 aliphatic rings. The summed E-state index contributed by atoms with van der Waals surface area (Å²) in [5.41, 5.74) is 1.29. The second-order valence-electron chi connectivity index (χ2n) is 3.92. The molecule has 1 aliphatic heterocycles. The van der Waals surface area contributed by atoms with Gasteiger partial charge in [-0.3, -0.25) is 9.88 Å². The summed E-state index contributed by atoms with van der Waals surface area (Å²) < 4.78 is 0. The maximum atomic E-state index is 4.12. The Kier molecular flexibility index (Phi) is 5.02. The zero-order valence-electron chi connectivity index (χ0n) is 9.02. The van der Waals surface area contributed by atoms with Crippen molar-refractivity contribution in [2.75, 3.05) is 20.1 Å². The molecule has 1 fully saturated rings.